The van der Waals surface area contributed by atoms with E-state index >= 15 is 0 Å². The number of ether oxygens (including phenoxy) is 1. The monoisotopic (exact) mass is 336 g/mol. The van der Waals surface area contributed by atoms with Gasteiger partial charge in [0.1, 0.15) is 6.10 Å². The van der Waals surface area contributed by atoms with Crippen molar-refractivity contribution in [3.05, 3.63) is 21.9 Å². The molecule has 5 nitrogen and oxygen atoms in total. The van der Waals surface area contributed by atoms with Crippen LogP contribution in [0.3, 0.4) is 0 Å². The predicted octanol–water partition coefficient (Wildman–Crippen LogP) is 2.20. The second-order valence-corrected chi connectivity index (χ2v) is 7.84. The fraction of sp³-hybridized carbons (Fsp3) is 0.706. The van der Waals surface area contributed by atoms with Crippen LogP contribution in [0.4, 0.5) is 0 Å². The Morgan fingerprint density at radius 3 is 3.09 bits per heavy atom. The van der Waals surface area contributed by atoms with E-state index in [0.29, 0.717) is 19.1 Å². The molecule has 0 spiro atoms. The molecule has 6 heteroatoms. The van der Waals surface area contributed by atoms with E-state index in [0.717, 1.165) is 38.9 Å². The molecular formula is C17H24N2O3S. The Morgan fingerprint density at radius 2 is 2.35 bits per heavy atom. The highest BCUT2D eigenvalue weighted by atomic mass is 32.1. The van der Waals surface area contributed by atoms with Gasteiger partial charge in [-0.3, -0.25) is 14.5 Å². The zero-order chi connectivity index (χ0) is 15.8. The van der Waals surface area contributed by atoms with Crippen LogP contribution in [0, 0.1) is 12.8 Å². The molecule has 1 aromatic rings. The summed E-state index contributed by atoms with van der Waals surface area (Å²) < 4.78 is 6.11. The molecule has 126 valence electrons. The van der Waals surface area contributed by atoms with Crippen LogP contribution in [0.1, 0.15) is 29.7 Å². The standard InChI is InChI=1S/C17H24N2O3S/c1-12-4-8-23-16(12)11-18-6-3-13-9-14(22-15(13)10-18)17(20)19-5-2-7-21-19/h4,8,13-15H,2-3,5-7,9-11H2,1H3/t13-,14-,15+/m1/s1. The van der Waals surface area contributed by atoms with Gasteiger partial charge in [0, 0.05) is 18.0 Å². The van der Waals surface area contributed by atoms with Gasteiger partial charge in [-0.25, -0.2) is 5.06 Å². The lowest BCUT2D eigenvalue weighted by Gasteiger charge is -2.33. The fourth-order valence-corrected chi connectivity index (χ4v) is 4.80. The Labute approximate surface area is 141 Å². The lowest BCUT2D eigenvalue weighted by Crippen LogP contribution is -2.42. The van der Waals surface area contributed by atoms with Gasteiger partial charge in [-0.05, 0) is 55.7 Å². The molecule has 0 bridgehead atoms. The number of carbonyl (C=O) groups excluding carboxylic acids is 1. The molecule has 0 N–H and O–H groups in total. The van der Waals surface area contributed by atoms with E-state index in [1.807, 2.05) is 11.3 Å². The molecule has 3 aliphatic heterocycles. The highest BCUT2D eigenvalue weighted by Gasteiger charge is 2.43. The SMILES string of the molecule is Cc1ccsc1CN1CC[C@@H]2C[C@H](C(=O)N3CCCO3)O[C@H]2C1. The number of hydroxylamine groups is 2. The zero-order valence-electron chi connectivity index (χ0n) is 13.6. The number of likely N-dealkylation sites (tertiary alicyclic amines) is 1. The van der Waals surface area contributed by atoms with E-state index in [4.69, 9.17) is 9.57 Å². The summed E-state index contributed by atoms with van der Waals surface area (Å²) >= 11 is 1.83. The molecule has 0 aliphatic carbocycles. The van der Waals surface area contributed by atoms with E-state index < -0.39 is 0 Å². The lowest BCUT2D eigenvalue weighted by molar-refractivity contribution is -0.180. The fourth-order valence-electron chi connectivity index (χ4n) is 3.85. The van der Waals surface area contributed by atoms with E-state index in [1.165, 1.54) is 15.5 Å². The number of nitrogens with zero attached hydrogens (tertiary/aromatic N) is 2. The molecule has 4 heterocycles. The summed E-state index contributed by atoms with van der Waals surface area (Å²) in [5.41, 5.74) is 1.38. The van der Waals surface area contributed by atoms with Gasteiger partial charge in [-0.1, -0.05) is 0 Å². The van der Waals surface area contributed by atoms with Crippen LogP contribution in [0.5, 0.6) is 0 Å². The summed E-state index contributed by atoms with van der Waals surface area (Å²) in [7, 11) is 0. The van der Waals surface area contributed by atoms with Crippen molar-refractivity contribution in [1.82, 2.24) is 9.96 Å². The van der Waals surface area contributed by atoms with Crippen molar-refractivity contribution < 1.29 is 14.4 Å². The Bertz CT molecular complexity index is 570. The van der Waals surface area contributed by atoms with Crippen molar-refractivity contribution in [2.24, 2.45) is 5.92 Å². The molecule has 1 amide bonds. The number of thiophene rings is 1. The van der Waals surface area contributed by atoms with E-state index in [9.17, 15) is 4.79 Å². The zero-order valence-corrected chi connectivity index (χ0v) is 14.4. The van der Waals surface area contributed by atoms with Gasteiger partial charge < -0.3 is 4.74 Å². The van der Waals surface area contributed by atoms with Crippen LogP contribution < -0.4 is 0 Å². The topological polar surface area (TPSA) is 42.0 Å². The average molecular weight is 336 g/mol. The molecule has 0 unspecified atom stereocenters. The van der Waals surface area contributed by atoms with Gasteiger partial charge in [0.05, 0.1) is 19.3 Å². The lowest BCUT2D eigenvalue weighted by atomic mass is 9.91. The number of hydrogen-bond donors (Lipinski definition) is 0. The third-order valence-electron chi connectivity index (χ3n) is 5.25. The van der Waals surface area contributed by atoms with Crippen LogP contribution in [0.15, 0.2) is 11.4 Å². The number of carbonyl (C=O) groups is 1. The maximum absolute atomic E-state index is 12.4. The van der Waals surface area contributed by atoms with Gasteiger partial charge in [0.2, 0.25) is 0 Å². The van der Waals surface area contributed by atoms with E-state index in [-0.39, 0.29) is 18.1 Å². The highest BCUT2D eigenvalue weighted by Crippen LogP contribution is 2.35. The van der Waals surface area contributed by atoms with Crippen molar-refractivity contribution in [2.45, 2.75) is 44.9 Å². The van der Waals surface area contributed by atoms with Crippen LogP contribution in [-0.4, -0.2) is 54.3 Å². The van der Waals surface area contributed by atoms with Crippen molar-refractivity contribution in [1.29, 1.82) is 0 Å². The molecule has 23 heavy (non-hydrogen) atoms. The average Bonchev–Trinajstić information content (AvgIpc) is 3.27. The number of aryl methyl sites for hydroxylation is 1. The van der Waals surface area contributed by atoms with Crippen LogP contribution in [-0.2, 0) is 20.9 Å². The summed E-state index contributed by atoms with van der Waals surface area (Å²) in [6.45, 7) is 6.58. The minimum atomic E-state index is -0.300. The van der Waals surface area contributed by atoms with Crippen molar-refractivity contribution >= 4 is 17.2 Å². The van der Waals surface area contributed by atoms with Crippen LogP contribution in [0.2, 0.25) is 0 Å². The highest BCUT2D eigenvalue weighted by molar-refractivity contribution is 7.10. The minimum Gasteiger partial charge on any atom is -0.363 e. The second-order valence-electron chi connectivity index (χ2n) is 6.84. The summed E-state index contributed by atoms with van der Waals surface area (Å²) in [6.07, 6.45) is 2.81. The Balaban J connectivity index is 1.35. The summed E-state index contributed by atoms with van der Waals surface area (Å²) in [5, 5.41) is 3.67. The molecule has 4 rings (SSSR count). The van der Waals surface area contributed by atoms with Crippen LogP contribution >= 0.6 is 11.3 Å². The minimum absolute atomic E-state index is 0.0255. The van der Waals surface area contributed by atoms with Gasteiger partial charge in [-0.15, -0.1) is 11.3 Å². The van der Waals surface area contributed by atoms with Crippen molar-refractivity contribution in [3.8, 4) is 0 Å². The first-order valence-electron chi connectivity index (χ1n) is 8.56. The van der Waals surface area contributed by atoms with Gasteiger partial charge in [0.15, 0.2) is 0 Å². The third-order valence-corrected chi connectivity index (χ3v) is 6.25. The molecule has 3 aliphatic rings. The molecule has 3 atom stereocenters. The van der Waals surface area contributed by atoms with Crippen molar-refractivity contribution in [3.63, 3.8) is 0 Å². The molecule has 1 aromatic heterocycles. The third kappa shape index (κ3) is 3.18. The smallest absolute Gasteiger partial charge is 0.275 e. The number of fused-ring (bicyclic) bond motifs is 1. The van der Waals surface area contributed by atoms with Gasteiger partial charge in [0.25, 0.3) is 5.91 Å². The number of hydrogen-bond acceptors (Lipinski definition) is 5. The van der Waals surface area contributed by atoms with Crippen molar-refractivity contribution in [2.75, 3.05) is 26.2 Å². The molecule has 0 aromatic carbocycles. The largest absolute Gasteiger partial charge is 0.363 e. The van der Waals surface area contributed by atoms with Gasteiger partial charge >= 0.3 is 0 Å². The first-order chi connectivity index (χ1) is 11.2. The number of amides is 1. The van der Waals surface area contributed by atoms with Crippen LogP contribution in [0.25, 0.3) is 0 Å². The van der Waals surface area contributed by atoms with E-state index in [1.54, 1.807) is 0 Å². The predicted molar refractivity (Wildman–Crippen MR) is 88.0 cm³/mol. The molecule has 0 saturated carbocycles. The number of rotatable bonds is 3. The first-order valence-corrected chi connectivity index (χ1v) is 9.44. The maximum atomic E-state index is 12.4. The summed E-state index contributed by atoms with van der Waals surface area (Å²) in [4.78, 5) is 21.7. The maximum Gasteiger partial charge on any atom is 0.275 e. The molecule has 0 radical (unpaired) electrons. The summed E-state index contributed by atoms with van der Waals surface area (Å²) in [5.74, 6) is 0.546. The normalized spacial score (nSPS) is 31.5. The summed E-state index contributed by atoms with van der Waals surface area (Å²) in [6, 6.07) is 2.18. The van der Waals surface area contributed by atoms with Gasteiger partial charge in [-0.2, -0.15) is 0 Å². The van der Waals surface area contributed by atoms with E-state index in [2.05, 4.69) is 23.3 Å². The molecule has 3 fully saturated rings. The Morgan fingerprint density at radius 1 is 1.43 bits per heavy atom. The Hall–Kier alpha value is -0.950. The Kier molecular flexibility index (Phi) is 4.41. The molecular weight excluding hydrogens is 312 g/mol. The molecule has 3 saturated heterocycles. The first kappa shape index (κ1) is 15.6. The second kappa shape index (κ2) is 6.51. The number of piperidine rings is 1. The quantitative estimate of drug-likeness (QED) is 0.849.